The van der Waals surface area contributed by atoms with Gasteiger partial charge in [-0.3, -0.25) is 5.41 Å². The van der Waals surface area contributed by atoms with Gasteiger partial charge in [0.2, 0.25) is 0 Å². The topological polar surface area (TPSA) is 65.1 Å². The second-order valence-electron chi connectivity index (χ2n) is 4.51. The maximum atomic E-state index is 7.18. The minimum atomic E-state index is 0.662. The molecule has 1 fully saturated rings. The first-order valence-electron chi connectivity index (χ1n) is 9.31. The van der Waals surface area contributed by atoms with Gasteiger partial charge in [-0.15, -0.1) is 6.58 Å². The number of nitrogens with two attached hydrogens (primary N) is 1. The molecule has 0 radical (unpaired) electrons. The van der Waals surface area contributed by atoms with Crippen LogP contribution in [0.4, 0.5) is 0 Å². The molecule has 0 saturated carbocycles. The molecule has 0 bridgehead atoms. The molecule has 0 amide bonds. The fourth-order valence-corrected chi connectivity index (χ4v) is 1.35. The summed E-state index contributed by atoms with van der Waals surface area (Å²) in [7, 11) is 1.50. The number of amidine groups is 1. The highest BCUT2D eigenvalue weighted by molar-refractivity contribution is 5.76. The molecule has 1 aliphatic rings. The van der Waals surface area contributed by atoms with Gasteiger partial charge in [0, 0.05) is 25.3 Å². The fourth-order valence-electron chi connectivity index (χ4n) is 1.35. The molecule has 1 rings (SSSR count). The lowest BCUT2D eigenvalue weighted by Gasteiger charge is -2.17. The van der Waals surface area contributed by atoms with Gasteiger partial charge in [-0.25, -0.2) is 0 Å². The van der Waals surface area contributed by atoms with Gasteiger partial charge in [-0.1, -0.05) is 46.8 Å². The average Bonchev–Trinajstić information content (AvgIpc) is 3.05. The zero-order valence-electron chi connectivity index (χ0n) is 18.3. The summed E-state index contributed by atoms with van der Waals surface area (Å²) in [6.07, 6.45) is 5.46. The van der Waals surface area contributed by atoms with Gasteiger partial charge in [0.25, 0.3) is 0 Å². The zero-order valence-corrected chi connectivity index (χ0v) is 18.3. The van der Waals surface area contributed by atoms with Crippen molar-refractivity contribution in [2.24, 2.45) is 5.73 Å². The second-order valence-corrected chi connectivity index (χ2v) is 4.51. The predicted molar refractivity (Wildman–Crippen MR) is 116 cm³/mol. The molecule has 0 aromatic carbocycles. The molecule has 0 aromatic heterocycles. The van der Waals surface area contributed by atoms with Crippen LogP contribution in [-0.2, 0) is 0 Å². The van der Waals surface area contributed by atoms with Crippen molar-refractivity contribution < 1.29 is 0 Å². The van der Waals surface area contributed by atoms with Crippen molar-refractivity contribution in [1.29, 1.82) is 5.41 Å². The van der Waals surface area contributed by atoms with Crippen LogP contribution in [0, 0.1) is 5.41 Å². The summed E-state index contributed by atoms with van der Waals surface area (Å²) in [4.78, 5) is 2.00. The third-order valence-electron chi connectivity index (χ3n) is 2.27. The van der Waals surface area contributed by atoms with Crippen molar-refractivity contribution >= 4 is 5.84 Å². The van der Waals surface area contributed by atoms with Crippen LogP contribution in [0.15, 0.2) is 24.9 Å². The van der Waals surface area contributed by atoms with Crippen molar-refractivity contribution in [2.45, 2.75) is 74.7 Å². The molecule has 4 N–H and O–H groups in total. The summed E-state index contributed by atoms with van der Waals surface area (Å²) >= 11 is 0. The quantitative estimate of drug-likeness (QED) is 0.356. The van der Waals surface area contributed by atoms with Crippen LogP contribution in [-0.4, -0.2) is 37.4 Å². The van der Waals surface area contributed by atoms with Crippen molar-refractivity contribution in [3.63, 3.8) is 0 Å². The van der Waals surface area contributed by atoms with Crippen LogP contribution in [0.3, 0.4) is 0 Å². The monoisotopic (exact) mass is 344 g/mol. The van der Waals surface area contributed by atoms with E-state index in [1.54, 1.807) is 6.08 Å². The normalized spacial score (nSPS) is 10.0. The molecule has 1 aliphatic heterocycles. The number of rotatable bonds is 2. The molecule has 0 unspecified atom stereocenters. The van der Waals surface area contributed by atoms with Crippen LogP contribution >= 0.6 is 0 Å². The van der Waals surface area contributed by atoms with E-state index in [4.69, 9.17) is 5.41 Å². The van der Waals surface area contributed by atoms with E-state index in [9.17, 15) is 0 Å². The van der Waals surface area contributed by atoms with E-state index in [1.807, 2.05) is 32.6 Å². The maximum Gasteiger partial charge on any atom is 0.0925 e. The minimum absolute atomic E-state index is 0.662. The van der Waals surface area contributed by atoms with Crippen molar-refractivity contribution in [3.8, 4) is 0 Å². The summed E-state index contributed by atoms with van der Waals surface area (Å²) < 4.78 is 0. The number of nitrogens with zero attached hydrogens (tertiary/aromatic N) is 1. The predicted octanol–water partition coefficient (Wildman–Crippen LogP) is 5.42. The Morgan fingerprint density at radius 3 is 1.58 bits per heavy atom. The Bertz CT molecular complexity index is 226. The van der Waals surface area contributed by atoms with Gasteiger partial charge in [0.15, 0.2) is 0 Å². The zero-order chi connectivity index (χ0) is 20.4. The summed E-state index contributed by atoms with van der Waals surface area (Å²) in [5.74, 6) is 0.662. The van der Waals surface area contributed by atoms with Crippen LogP contribution in [0.1, 0.15) is 74.7 Å². The second kappa shape index (κ2) is 37.7. The highest BCUT2D eigenvalue weighted by Crippen LogP contribution is 2.03. The molecule has 148 valence electrons. The number of allylic oxidation sites excluding steroid dienone is 2. The highest BCUT2D eigenvalue weighted by Gasteiger charge is 1.98. The van der Waals surface area contributed by atoms with E-state index in [0.29, 0.717) is 5.84 Å². The van der Waals surface area contributed by atoms with Crippen molar-refractivity contribution in [1.82, 2.24) is 10.2 Å². The molecule has 0 spiro atoms. The van der Waals surface area contributed by atoms with Gasteiger partial charge in [-0.2, -0.15) is 0 Å². The Hall–Kier alpha value is -1.29. The molecule has 1 saturated heterocycles. The largest absolute Gasteiger partial charge is 0.389 e. The molecule has 0 aliphatic carbocycles. The Labute approximate surface area is 154 Å². The van der Waals surface area contributed by atoms with E-state index in [-0.39, 0.29) is 0 Å². The van der Waals surface area contributed by atoms with E-state index in [1.165, 1.54) is 32.0 Å². The maximum absolute atomic E-state index is 7.18. The summed E-state index contributed by atoms with van der Waals surface area (Å²) in [5, 5.41) is 10.3. The molecule has 4 heteroatoms. The van der Waals surface area contributed by atoms with Gasteiger partial charge >= 0.3 is 0 Å². The lowest BCUT2D eigenvalue weighted by atomic mass is 10.3. The van der Waals surface area contributed by atoms with Gasteiger partial charge in [0.05, 0.1) is 5.84 Å². The number of hydrogen-bond donors (Lipinski definition) is 3. The highest BCUT2D eigenvalue weighted by atomic mass is 15.1. The van der Waals surface area contributed by atoms with Crippen molar-refractivity contribution in [3.05, 3.63) is 24.9 Å². The van der Waals surface area contributed by atoms with Crippen LogP contribution in [0.25, 0.3) is 0 Å². The SMILES string of the molecule is C=C1CCCN1.C=CC.CC.CCC.CCN(CC)C(C)=N.CN. The molecular weight excluding hydrogens is 296 g/mol. The third-order valence-corrected chi connectivity index (χ3v) is 2.27. The molecule has 0 atom stereocenters. The Kier molecular flexibility index (Phi) is 53.6. The Morgan fingerprint density at radius 2 is 1.54 bits per heavy atom. The third kappa shape index (κ3) is 42.8. The van der Waals surface area contributed by atoms with E-state index < -0.39 is 0 Å². The molecule has 0 aromatic rings. The standard InChI is InChI=1S/C6H14N2.C5H9N.C3H8.C3H6.C2H6.CH5N/c1-4-8(5-2)6(3)7;1-5-3-2-4-6-5;2*1-3-2;2*1-2/h7H,4-5H2,1-3H3;6H,1-4H2;3H2,1-2H3;3H,1H2,2H3;1-2H3;2H2,1H3. The van der Waals surface area contributed by atoms with E-state index >= 15 is 0 Å². The molecular formula is C20H48N4. The van der Waals surface area contributed by atoms with E-state index in [0.717, 1.165) is 19.6 Å². The summed E-state index contributed by atoms with van der Waals surface area (Å²) in [6.45, 7) is 26.2. The molecule has 4 nitrogen and oxygen atoms in total. The molecule has 24 heavy (non-hydrogen) atoms. The summed E-state index contributed by atoms with van der Waals surface area (Å²) in [5.41, 5.74) is 5.70. The first-order valence-corrected chi connectivity index (χ1v) is 9.31. The average molecular weight is 345 g/mol. The Morgan fingerprint density at radius 1 is 1.21 bits per heavy atom. The Balaban J connectivity index is -0.0000000666. The van der Waals surface area contributed by atoms with Crippen molar-refractivity contribution in [2.75, 3.05) is 26.7 Å². The number of hydrogen-bond acceptors (Lipinski definition) is 3. The van der Waals surface area contributed by atoms with Gasteiger partial charge in [0.1, 0.15) is 0 Å². The number of nitrogens with one attached hydrogen (secondary N) is 2. The first kappa shape index (κ1) is 34.1. The molecule has 1 heterocycles. The minimum Gasteiger partial charge on any atom is -0.389 e. The van der Waals surface area contributed by atoms with Crippen LogP contribution < -0.4 is 11.1 Å². The smallest absolute Gasteiger partial charge is 0.0925 e. The lowest BCUT2D eigenvalue weighted by molar-refractivity contribution is 0.460. The van der Waals surface area contributed by atoms with E-state index in [2.05, 4.69) is 51.9 Å². The van der Waals surface area contributed by atoms with Gasteiger partial charge < -0.3 is 16.0 Å². The van der Waals surface area contributed by atoms with Crippen LogP contribution in [0.2, 0.25) is 0 Å². The van der Waals surface area contributed by atoms with Gasteiger partial charge in [-0.05, 0) is 47.6 Å². The van der Waals surface area contributed by atoms with Crippen LogP contribution in [0.5, 0.6) is 0 Å². The fraction of sp³-hybridized carbons (Fsp3) is 0.750. The first-order chi connectivity index (χ1) is 11.4. The summed E-state index contributed by atoms with van der Waals surface area (Å²) in [6, 6.07) is 0. The lowest BCUT2D eigenvalue weighted by Crippen LogP contribution is -2.27.